The van der Waals surface area contributed by atoms with E-state index in [1.165, 1.54) is 16.7 Å². The summed E-state index contributed by atoms with van der Waals surface area (Å²) in [5.41, 5.74) is 3.73. The van der Waals surface area contributed by atoms with Crippen LogP contribution < -0.4 is 4.72 Å². The fourth-order valence-electron chi connectivity index (χ4n) is 5.05. The van der Waals surface area contributed by atoms with E-state index in [1.807, 2.05) is 24.3 Å². The topological polar surface area (TPSA) is 52.7 Å². The van der Waals surface area contributed by atoms with Crippen molar-refractivity contribution < 1.29 is 8.42 Å². The third kappa shape index (κ3) is 5.00. The second kappa shape index (κ2) is 9.57. The Bertz CT molecular complexity index is 1190. The SMILES string of the molecule is O=S(=O)(NC1Cc2ccccc2C1N1CCN(Cc2ccc(Cl)cc2)CC1)c1ccccc1. The predicted molar refractivity (Wildman–Crippen MR) is 132 cm³/mol. The summed E-state index contributed by atoms with van der Waals surface area (Å²) >= 11 is 6.02. The van der Waals surface area contributed by atoms with Gasteiger partial charge in [0.05, 0.1) is 10.9 Å². The van der Waals surface area contributed by atoms with Gasteiger partial charge in [0.15, 0.2) is 0 Å². The Kier molecular flexibility index (Phi) is 6.54. The third-order valence-electron chi connectivity index (χ3n) is 6.67. The van der Waals surface area contributed by atoms with Crippen molar-refractivity contribution in [1.82, 2.24) is 14.5 Å². The van der Waals surface area contributed by atoms with Crippen molar-refractivity contribution >= 4 is 21.6 Å². The molecule has 1 aliphatic carbocycles. The van der Waals surface area contributed by atoms with Gasteiger partial charge in [-0.15, -0.1) is 0 Å². The molecule has 3 aromatic rings. The monoisotopic (exact) mass is 481 g/mol. The van der Waals surface area contributed by atoms with Crippen molar-refractivity contribution in [2.45, 2.75) is 29.9 Å². The predicted octanol–water partition coefficient (Wildman–Crippen LogP) is 4.10. The summed E-state index contributed by atoms with van der Waals surface area (Å²) in [6.07, 6.45) is 0.706. The molecule has 0 saturated carbocycles. The first-order chi connectivity index (χ1) is 16.0. The Hall–Kier alpha value is -2.22. The summed E-state index contributed by atoms with van der Waals surface area (Å²) < 4.78 is 29.2. The van der Waals surface area contributed by atoms with Crippen LogP contribution in [0.5, 0.6) is 0 Å². The molecule has 3 aromatic carbocycles. The highest BCUT2D eigenvalue weighted by Gasteiger charge is 2.39. The van der Waals surface area contributed by atoms with Crippen LogP contribution in [0.25, 0.3) is 0 Å². The smallest absolute Gasteiger partial charge is 0.240 e. The van der Waals surface area contributed by atoms with Crippen LogP contribution in [0.15, 0.2) is 83.8 Å². The van der Waals surface area contributed by atoms with Crippen molar-refractivity contribution in [2.75, 3.05) is 26.2 Å². The molecule has 0 aromatic heterocycles. The summed E-state index contributed by atoms with van der Waals surface area (Å²) in [6.45, 7) is 4.58. The molecule has 2 aliphatic rings. The average Bonchev–Trinajstić information content (AvgIpc) is 3.19. The minimum absolute atomic E-state index is 0.0392. The molecule has 0 radical (unpaired) electrons. The second-order valence-corrected chi connectivity index (χ2v) is 11.0. The van der Waals surface area contributed by atoms with Crippen LogP contribution in [0.1, 0.15) is 22.7 Å². The number of benzene rings is 3. The highest BCUT2D eigenvalue weighted by Crippen LogP contribution is 2.37. The van der Waals surface area contributed by atoms with Crippen LogP contribution in [-0.2, 0) is 23.0 Å². The van der Waals surface area contributed by atoms with Gasteiger partial charge in [-0.05, 0) is 47.4 Å². The van der Waals surface area contributed by atoms with Gasteiger partial charge in [-0.25, -0.2) is 13.1 Å². The Morgan fingerprint density at radius 2 is 1.52 bits per heavy atom. The van der Waals surface area contributed by atoms with Crippen LogP contribution >= 0.6 is 11.6 Å². The first kappa shape index (κ1) is 22.6. The summed E-state index contributed by atoms with van der Waals surface area (Å²) in [5, 5.41) is 0.757. The van der Waals surface area contributed by atoms with Crippen LogP contribution in [0.3, 0.4) is 0 Å². The summed E-state index contributed by atoms with van der Waals surface area (Å²) in [5.74, 6) is 0. The number of hydrogen-bond acceptors (Lipinski definition) is 4. The first-order valence-corrected chi connectivity index (χ1v) is 13.2. The van der Waals surface area contributed by atoms with Gasteiger partial charge in [-0.1, -0.05) is 66.2 Å². The molecule has 1 heterocycles. The van der Waals surface area contributed by atoms with Gasteiger partial charge in [0.1, 0.15) is 0 Å². The molecule has 7 heteroatoms. The molecule has 5 nitrogen and oxygen atoms in total. The molecule has 33 heavy (non-hydrogen) atoms. The van der Waals surface area contributed by atoms with Gasteiger partial charge in [0.25, 0.3) is 0 Å². The molecule has 1 fully saturated rings. The number of fused-ring (bicyclic) bond motifs is 1. The van der Waals surface area contributed by atoms with Crippen LogP contribution in [0, 0.1) is 0 Å². The summed E-state index contributed by atoms with van der Waals surface area (Å²) in [6, 6.07) is 24.9. The number of halogens is 1. The Morgan fingerprint density at radius 1 is 0.848 bits per heavy atom. The molecule has 2 atom stereocenters. The van der Waals surface area contributed by atoms with Crippen molar-refractivity contribution in [3.8, 4) is 0 Å². The molecule has 1 saturated heterocycles. The van der Waals surface area contributed by atoms with Gasteiger partial charge < -0.3 is 0 Å². The molecule has 0 bridgehead atoms. The average molecular weight is 482 g/mol. The minimum Gasteiger partial charge on any atom is -0.297 e. The Labute approximate surface area is 201 Å². The summed E-state index contributed by atoms with van der Waals surface area (Å²) in [4.78, 5) is 5.21. The normalized spacial score (nSPS) is 21.7. The lowest BCUT2D eigenvalue weighted by Crippen LogP contribution is -2.51. The molecule has 0 amide bonds. The first-order valence-electron chi connectivity index (χ1n) is 11.4. The van der Waals surface area contributed by atoms with Gasteiger partial charge in [-0.3, -0.25) is 9.80 Å². The number of piperazine rings is 1. The van der Waals surface area contributed by atoms with E-state index in [0.29, 0.717) is 11.3 Å². The van der Waals surface area contributed by atoms with E-state index in [1.54, 1.807) is 24.3 Å². The van der Waals surface area contributed by atoms with Gasteiger partial charge in [0, 0.05) is 43.8 Å². The Morgan fingerprint density at radius 3 is 2.24 bits per heavy atom. The van der Waals surface area contributed by atoms with Gasteiger partial charge >= 0.3 is 0 Å². The van der Waals surface area contributed by atoms with E-state index in [0.717, 1.165) is 37.7 Å². The molecule has 172 valence electrons. The van der Waals surface area contributed by atoms with E-state index in [2.05, 4.69) is 44.9 Å². The van der Waals surface area contributed by atoms with Crippen LogP contribution in [0.2, 0.25) is 5.02 Å². The van der Waals surface area contributed by atoms with Crippen molar-refractivity contribution in [1.29, 1.82) is 0 Å². The third-order valence-corrected chi connectivity index (χ3v) is 8.43. The van der Waals surface area contributed by atoms with E-state index in [-0.39, 0.29) is 12.1 Å². The fraction of sp³-hybridized carbons (Fsp3) is 0.308. The number of nitrogens with zero attached hydrogens (tertiary/aromatic N) is 2. The minimum atomic E-state index is -3.59. The lowest BCUT2D eigenvalue weighted by Gasteiger charge is -2.40. The van der Waals surface area contributed by atoms with E-state index in [9.17, 15) is 8.42 Å². The van der Waals surface area contributed by atoms with Crippen molar-refractivity contribution in [3.05, 3.63) is 101 Å². The largest absolute Gasteiger partial charge is 0.297 e. The molecular formula is C26H28ClN3O2S. The lowest BCUT2D eigenvalue weighted by atomic mass is 10.0. The Balaban J connectivity index is 1.31. The molecule has 1 aliphatic heterocycles. The quantitative estimate of drug-likeness (QED) is 0.576. The van der Waals surface area contributed by atoms with E-state index >= 15 is 0 Å². The number of hydrogen-bond donors (Lipinski definition) is 1. The second-order valence-electron chi connectivity index (χ2n) is 8.83. The number of nitrogens with one attached hydrogen (secondary N) is 1. The fourth-order valence-corrected chi connectivity index (χ4v) is 6.43. The zero-order valence-corrected chi connectivity index (χ0v) is 20.0. The maximum absolute atomic E-state index is 13.1. The zero-order chi connectivity index (χ0) is 22.8. The highest BCUT2D eigenvalue weighted by molar-refractivity contribution is 7.89. The van der Waals surface area contributed by atoms with Gasteiger partial charge in [0.2, 0.25) is 10.0 Å². The van der Waals surface area contributed by atoms with Gasteiger partial charge in [-0.2, -0.15) is 0 Å². The number of rotatable bonds is 6. The lowest BCUT2D eigenvalue weighted by molar-refractivity contribution is 0.0829. The molecule has 1 N–H and O–H groups in total. The van der Waals surface area contributed by atoms with E-state index in [4.69, 9.17) is 11.6 Å². The van der Waals surface area contributed by atoms with Crippen LogP contribution in [0.4, 0.5) is 0 Å². The van der Waals surface area contributed by atoms with Crippen LogP contribution in [-0.4, -0.2) is 50.4 Å². The maximum atomic E-state index is 13.1. The standard InChI is InChI=1S/C26H28ClN3O2S/c27-22-12-10-20(11-13-22)19-29-14-16-30(17-15-29)26-24-9-5-4-6-21(24)18-25(26)28-33(31,32)23-7-2-1-3-8-23/h1-13,25-26,28H,14-19H2. The maximum Gasteiger partial charge on any atom is 0.240 e. The highest BCUT2D eigenvalue weighted by atomic mass is 35.5. The molecule has 2 unspecified atom stereocenters. The molecule has 5 rings (SSSR count). The zero-order valence-electron chi connectivity index (χ0n) is 18.4. The van der Waals surface area contributed by atoms with E-state index < -0.39 is 10.0 Å². The molecular weight excluding hydrogens is 454 g/mol. The van der Waals surface area contributed by atoms with Crippen molar-refractivity contribution in [3.63, 3.8) is 0 Å². The molecule has 0 spiro atoms. The number of sulfonamides is 1. The summed E-state index contributed by atoms with van der Waals surface area (Å²) in [7, 11) is -3.59. The van der Waals surface area contributed by atoms with Crippen molar-refractivity contribution in [2.24, 2.45) is 0 Å².